The van der Waals surface area contributed by atoms with E-state index in [0.29, 0.717) is 38.3 Å². The Labute approximate surface area is 208 Å². The van der Waals surface area contributed by atoms with E-state index in [0.717, 1.165) is 25.7 Å². The molecule has 0 bridgehead atoms. The number of methoxy groups -OCH3 is 1. The van der Waals surface area contributed by atoms with Gasteiger partial charge in [-0.2, -0.15) is 0 Å². The Bertz CT molecular complexity index is 523. The summed E-state index contributed by atoms with van der Waals surface area (Å²) in [5.41, 5.74) is 0. The normalized spacial score (nSPS) is 26.0. The molecule has 6 unspecified atom stereocenters. The van der Waals surface area contributed by atoms with Gasteiger partial charge in [-0.3, -0.25) is 9.59 Å². The third-order valence-corrected chi connectivity index (χ3v) is 6.47. The van der Waals surface area contributed by atoms with Crippen molar-refractivity contribution in [2.24, 2.45) is 23.7 Å². The van der Waals surface area contributed by atoms with Crippen LogP contribution in [-0.2, 0) is 28.5 Å². The maximum atomic E-state index is 11.9. The largest absolute Gasteiger partial charge is 0.469 e. The van der Waals surface area contributed by atoms with Crippen LogP contribution in [0.5, 0.6) is 0 Å². The maximum Gasteiger partial charge on any atom is 0.309 e. The molecule has 7 heteroatoms. The van der Waals surface area contributed by atoms with Crippen molar-refractivity contribution in [1.82, 2.24) is 0 Å². The number of hydrogen-bond acceptors (Lipinski definition) is 7. The first-order chi connectivity index (χ1) is 16.2. The summed E-state index contributed by atoms with van der Waals surface area (Å²) in [6, 6.07) is 0. The van der Waals surface area contributed by atoms with E-state index < -0.39 is 0 Å². The van der Waals surface area contributed by atoms with Gasteiger partial charge >= 0.3 is 11.9 Å². The molecule has 6 atom stereocenters. The molecule has 0 amide bonds. The molecule has 1 N–H and O–H groups in total. The second kappa shape index (κ2) is 20.1. The number of carbonyl (C=O) groups is 2. The molecule has 2 rings (SSSR count). The second-order valence-electron chi connectivity index (χ2n) is 9.68. The Kier molecular flexibility index (Phi) is 19.4. The average Bonchev–Trinajstić information content (AvgIpc) is 2.82. The summed E-state index contributed by atoms with van der Waals surface area (Å²) in [5, 5.41) is 8.56. The molecule has 2 fully saturated rings. The number of hydrogen-bond donors (Lipinski definition) is 1. The fourth-order valence-corrected chi connectivity index (χ4v) is 4.38. The van der Waals surface area contributed by atoms with Gasteiger partial charge in [-0.25, -0.2) is 0 Å². The van der Waals surface area contributed by atoms with Crippen molar-refractivity contribution in [3.05, 3.63) is 0 Å². The third-order valence-electron chi connectivity index (χ3n) is 6.47. The summed E-state index contributed by atoms with van der Waals surface area (Å²) in [7, 11) is 1.48. The standard InChI is InChI=1S/C13H24O3.C9H16O2.C5H12O2/c1-4-15-9-11(3)16-13(14)12-8-6-5-7-10(12)2;1-7-5-3-4-6-8(7)9(10)11-2;1-3-7-4-5(2)6/h10-12H,4-9H2,1-3H3;7-8H,3-6H2,1-2H3;5-6H,3-4H2,1-2H3. The van der Waals surface area contributed by atoms with Crippen LogP contribution in [0.25, 0.3) is 0 Å². The summed E-state index contributed by atoms with van der Waals surface area (Å²) < 4.78 is 20.2. The lowest BCUT2D eigenvalue weighted by Gasteiger charge is -2.28. The first-order valence-electron chi connectivity index (χ1n) is 13.3. The molecule has 0 radical (unpaired) electrons. The summed E-state index contributed by atoms with van der Waals surface area (Å²) in [5.74, 6) is 1.24. The molecule has 2 aliphatic rings. The number of esters is 2. The summed E-state index contributed by atoms with van der Waals surface area (Å²) in [4.78, 5) is 23.1. The van der Waals surface area contributed by atoms with Gasteiger partial charge in [0.15, 0.2) is 0 Å². The topological polar surface area (TPSA) is 91.3 Å². The van der Waals surface area contributed by atoms with Gasteiger partial charge in [-0.15, -0.1) is 0 Å². The predicted molar refractivity (Wildman–Crippen MR) is 134 cm³/mol. The Hall–Kier alpha value is -1.18. The number of carbonyl (C=O) groups excluding carboxylic acids is 2. The van der Waals surface area contributed by atoms with E-state index in [-0.39, 0.29) is 36.0 Å². The van der Waals surface area contributed by atoms with Crippen LogP contribution in [0.1, 0.15) is 92.9 Å². The molecule has 0 aliphatic heterocycles. The van der Waals surface area contributed by atoms with E-state index in [1.165, 1.54) is 32.8 Å². The first-order valence-corrected chi connectivity index (χ1v) is 13.3. The highest BCUT2D eigenvalue weighted by Crippen LogP contribution is 2.31. The van der Waals surface area contributed by atoms with E-state index >= 15 is 0 Å². The smallest absolute Gasteiger partial charge is 0.309 e. The lowest BCUT2D eigenvalue weighted by molar-refractivity contribution is -0.159. The summed E-state index contributed by atoms with van der Waals surface area (Å²) >= 11 is 0. The fraction of sp³-hybridized carbons (Fsp3) is 0.926. The molecule has 0 aromatic heterocycles. The molecule has 2 saturated carbocycles. The lowest BCUT2D eigenvalue weighted by Crippen LogP contribution is -2.31. The van der Waals surface area contributed by atoms with Crippen molar-refractivity contribution in [2.45, 2.75) is 105 Å². The minimum Gasteiger partial charge on any atom is -0.469 e. The van der Waals surface area contributed by atoms with Gasteiger partial charge in [0.1, 0.15) is 6.10 Å². The van der Waals surface area contributed by atoms with Crippen LogP contribution in [0.3, 0.4) is 0 Å². The molecular formula is C27H52O7. The summed E-state index contributed by atoms with van der Waals surface area (Å²) in [6.07, 6.45) is 8.76. The van der Waals surface area contributed by atoms with Crippen molar-refractivity contribution in [1.29, 1.82) is 0 Å². The third kappa shape index (κ3) is 14.9. The molecule has 202 valence electrons. The highest BCUT2D eigenvalue weighted by molar-refractivity contribution is 5.73. The van der Waals surface area contributed by atoms with Gasteiger partial charge in [0.05, 0.1) is 38.3 Å². The fourth-order valence-electron chi connectivity index (χ4n) is 4.38. The Balaban J connectivity index is 0.000000524. The van der Waals surface area contributed by atoms with Gasteiger partial charge in [0.2, 0.25) is 0 Å². The Morgan fingerprint density at radius 3 is 1.62 bits per heavy atom. The van der Waals surface area contributed by atoms with Crippen molar-refractivity contribution in [2.75, 3.05) is 33.5 Å². The quantitative estimate of drug-likeness (QED) is 0.448. The van der Waals surface area contributed by atoms with Crippen molar-refractivity contribution in [3.63, 3.8) is 0 Å². The SMILES string of the molecule is CCOCC(C)O.CCOCC(C)OC(=O)C1CCCCC1C.COC(=O)C1CCCCC1C. The molecule has 0 heterocycles. The van der Waals surface area contributed by atoms with Gasteiger partial charge in [0, 0.05) is 13.2 Å². The van der Waals surface area contributed by atoms with Gasteiger partial charge in [-0.1, -0.05) is 39.5 Å². The van der Waals surface area contributed by atoms with Crippen molar-refractivity contribution < 1.29 is 33.6 Å². The zero-order valence-corrected chi connectivity index (χ0v) is 22.8. The molecule has 0 aromatic carbocycles. The van der Waals surface area contributed by atoms with Crippen molar-refractivity contribution in [3.8, 4) is 0 Å². The van der Waals surface area contributed by atoms with Crippen LogP contribution in [0.15, 0.2) is 0 Å². The number of aliphatic hydroxyl groups is 1. The van der Waals surface area contributed by atoms with Gasteiger partial charge < -0.3 is 24.1 Å². The van der Waals surface area contributed by atoms with E-state index in [2.05, 4.69) is 13.8 Å². The second-order valence-corrected chi connectivity index (χ2v) is 9.68. The van der Waals surface area contributed by atoms with E-state index in [9.17, 15) is 9.59 Å². The van der Waals surface area contributed by atoms with Crippen LogP contribution in [0.2, 0.25) is 0 Å². The van der Waals surface area contributed by atoms with Gasteiger partial charge in [-0.05, 0) is 65.2 Å². The highest BCUT2D eigenvalue weighted by Gasteiger charge is 2.30. The maximum absolute atomic E-state index is 11.9. The number of rotatable bonds is 9. The zero-order chi connectivity index (χ0) is 25.9. The molecule has 0 spiro atoms. The van der Waals surface area contributed by atoms with Crippen LogP contribution < -0.4 is 0 Å². The van der Waals surface area contributed by atoms with Gasteiger partial charge in [0.25, 0.3) is 0 Å². The predicted octanol–water partition coefficient (Wildman–Crippen LogP) is 5.17. The molecule has 2 aliphatic carbocycles. The minimum atomic E-state index is -0.319. The molecule has 34 heavy (non-hydrogen) atoms. The number of aliphatic hydroxyl groups excluding tert-OH is 1. The van der Waals surface area contributed by atoms with Crippen LogP contribution in [0.4, 0.5) is 0 Å². The highest BCUT2D eigenvalue weighted by atomic mass is 16.6. The molecular weight excluding hydrogens is 436 g/mol. The van der Waals surface area contributed by atoms with Crippen LogP contribution in [-0.4, -0.2) is 62.8 Å². The lowest BCUT2D eigenvalue weighted by atomic mass is 9.80. The Morgan fingerprint density at radius 1 is 0.794 bits per heavy atom. The first kappa shape index (κ1) is 32.8. The van der Waals surface area contributed by atoms with Crippen LogP contribution in [0, 0.1) is 23.7 Å². The monoisotopic (exact) mass is 488 g/mol. The minimum absolute atomic E-state index is 0.0165. The Morgan fingerprint density at radius 2 is 1.24 bits per heavy atom. The molecule has 0 aromatic rings. The van der Waals surface area contributed by atoms with E-state index in [1.807, 2.05) is 20.8 Å². The van der Waals surface area contributed by atoms with E-state index in [1.54, 1.807) is 6.92 Å². The van der Waals surface area contributed by atoms with Crippen molar-refractivity contribution >= 4 is 11.9 Å². The molecule has 0 saturated heterocycles. The number of ether oxygens (including phenoxy) is 4. The summed E-state index contributed by atoms with van der Waals surface area (Å²) in [6.45, 7) is 14.0. The van der Waals surface area contributed by atoms with E-state index in [4.69, 9.17) is 24.1 Å². The molecule has 7 nitrogen and oxygen atoms in total. The average molecular weight is 489 g/mol. The van der Waals surface area contributed by atoms with Crippen LogP contribution >= 0.6 is 0 Å². The zero-order valence-electron chi connectivity index (χ0n) is 22.8.